The van der Waals surface area contributed by atoms with Gasteiger partial charge in [0.25, 0.3) is 0 Å². The molecule has 0 radical (unpaired) electrons. The van der Waals surface area contributed by atoms with Crippen LogP contribution in [0.3, 0.4) is 0 Å². The Morgan fingerprint density at radius 1 is 1.53 bits per heavy atom. The zero-order valence-electron chi connectivity index (χ0n) is 10.7. The van der Waals surface area contributed by atoms with E-state index >= 15 is 0 Å². The van der Waals surface area contributed by atoms with Crippen LogP contribution in [0.25, 0.3) is 0 Å². The van der Waals surface area contributed by atoms with Gasteiger partial charge in [-0.3, -0.25) is 4.79 Å². The zero-order chi connectivity index (χ0) is 14.1. The van der Waals surface area contributed by atoms with E-state index in [9.17, 15) is 14.3 Å². The molecule has 1 atom stereocenters. The lowest BCUT2D eigenvalue weighted by atomic mass is 9.80. The summed E-state index contributed by atoms with van der Waals surface area (Å²) in [7, 11) is 1.24. The van der Waals surface area contributed by atoms with Gasteiger partial charge < -0.3 is 15.6 Å². The molecule has 0 saturated carbocycles. The minimum absolute atomic E-state index is 0. The average Bonchev–Trinajstić information content (AvgIpc) is 2.34. The molecule has 7 heteroatoms. The first-order valence-corrected chi connectivity index (χ1v) is 5.62. The summed E-state index contributed by atoms with van der Waals surface area (Å²) in [6.07, 6.45) is 0. The molecule has 0 unspecified atom stereocenters. The van der Waals surface area contributed by atoms with Crippen molar-refractivity contribution in [3.63, 3.8) is 0 Å². The highest BCUT2D eigenvalue weighted by Gasteiger charge is 2.38. The van der Waals surface area contributed by atoms with E-state index in [-0.39, 0.29) is 18.0 Å². The van der Waals surface area contributed by atoms with Crippen molar-refractivity contribution >= 4 is 30.0 Å². The number of rotatable bonds is 3. The number of nitrogens with two attached hydrogens (primary N) is 1. The van der Waals surface area contributed by atoms with Gasteiger partial charge in [-0.15, -0.1) is 12.4 Å². The van der Waals surface area contributed by atoms with Gasteiger partial charge in [-0.05, 0) is 19.9 Å². The molecule has 0 heterocycles. The molecule has 0 fully saturated rings. The number of phenols is 1. The van der Waals surface area contributed by atoms with Gasteiger partial charge in [0.1, 0.15) is 16.6 Å². The van der Waals surface area contributed by atoms with Crippen LogP contribution in [-0.2, 0) is 9.53 Å². The van der Waals surface area contributed by atoms with Crippen LogP contribution in [0.1, 0.15) is 25.5 Å². The number of phenolic OH excluding ortho intramolecular Hbond substituents is 1. The van der Waals surface area contributed by atoms with Crippen LogP contribution < -0.4 is 5.73 Å². The Morgan fingerprint density at radius 2 is 2.05 bits per heavy atom. The number of hydrogen-bond acceptors (Lipinski definition) is 4. The van der Waals surface area contributed by atoms with Gasteiger partial charge in [-0.1, -0.05) is 17.7 Å². The minimum Gasteiger partial charge on any atom is -0.506 e. The molecule has 1 aromatic rings. The molecule has 0 saturated heterocycles. The van der Waals surface area contributed by atoms with Crippen LogP contribution in [0.15, 0.2) is 12.1 Å². The molecular formula is C12H16Cl2FNO3. The summed E-state index contributed by atoms with van der Waals surface area (Å²) in [6.45, 7) is 3.14. The van der Waals surface area contributed by atoms with Crippen molar-refractivity contribution in [3.05, 3.63) is 28.5 Å². The Balaban J connectivity index is 0.00000324. The summed E-state index contributed by atoms with van der Waals surface area (Å²) in [6, 6.07) is 1.51. The summed E-state index contributed by atoms with van der Waals surface area (Å²) < 4.78 is 17.8. The largest absolute Gasteiger partial charge is 0.506 e. The number of hydrogen-bond donors (Lipinski definition) is 2. The molecule has 0 bridgehead atoms. The topological polar surface area (TPSA) is 72.5 Å². The number of carbonyl (C=O) groups is 1. The van der Waals surface area contributed by atoms with Crippen LogP contribution in [-0.4, -0.2) is 18.2 Å². The fourth-order valence-electron chi connectivity index (χ4n) is 1.58. The van der Waals surface area contributed by atoms with Gasteiger partial charge in [-0.25, -0.2) is 4.39 Å². The van der Waals surface area contributed by atoms with Crippen molar-refractivity contribution in [2.45, 2.75) is 19.9 Å². The molecule has 0 aliphatic rings. The lowest BCUT2D eigenvalue weighted by molar-refractivity contribution is -0.152. The van der Waals surface area contributed by atoms with Crippen molar-refractivity contribution < 1.29 is 19.0 Å². The first-order valence-electron chi connectivity index (χ1n) is 5.24. The second-order valence-electron chi connectivity index (χ2n) is 4.49. The Bertz CT molecular complexity index is 480. The monoisotopic (exact) mass is 311 g/mol. The Hall–Kier alpha value is -1.04. The second kappa shape index (κ2) is 6.41. The number of ether oxygens (including phenoxy) is 1. The van der Waals surface area contributed by atoms with Gasteiger partial charge >= 0.3 is 5.97 Å². The standard InChI is InChI=1S/C12H15ClFNO3.ClH/c1-12(2,11(17)18-3)10(15)6-4-5-7(14)8(13)9(6)16;/h4-5,10,16H,15H2,1-3H3;1H/t10-;/m0./s1. The summed E-state index contributed by atoms with van der Waals surface area (Å²) in [5.74, 6) is -1.74. The molecule has 1 aromatic carbocycles. The number of halogens is 3. The average molecular weight is 312 g/mol. The van der Waals surface area contributed by atoms with Crippen LogP contribution in [0.2, 0.25) is 5.02 Å². The third kappa shape index (κ3) is 3.29. The lowest BCUT2D eigenvalue weighted by Gasteiger charge is -2.29. The quantitative estimate of drug-likeness (QED) is 0.842. The highest BCUT2D eigenvalue weighted by Crippen LogP contribution is 2.40. The Kier molecular flexibility index (Phi) is 6.06. The van der Waals surface area contributed by atoms with Crippen molar-refractivity contribution in [2.75, 3.05) is 7.11 Å². The molecular weight excluding hydrogens is 296 g/mol. The Morgan fingerprint density at radius 3 is 2.53 bits per heavy atom. The van der Waals surface area contributed by atoms with Crippen molar-refractivity contribution in [3.8, 4) is 5.75 Å². The smallest absolute Gasteiger partial charge is 0.313 e. The number of carbonyl (C=O) groups excluding carboxylic acids is 1. The number of aromatic hydroxyl groups is 1. The van der Waals surface area contributed by atoms with E-state index < -0.39 is 34.0 Å². The maximum atomic E-state index is 13.1. The molecule has 108 valence electrons. The molecule has 0 amide bonds. The molecule has 0 aromatic heterocycles. The van der Waals surface area contributed by atoms with E-state index in [1.54, 1.807) is 13.8 Å². The predicted molar refractivity (Wildman–Crippen MR) is 73.0 cm³/mol. The van der Waals surface area contributed by atoms with Gasteiger partial charge in [0, 0.05) is 11.6 Å². The van der Waals surface area contributed by atoms with E-state index in [1.165, 1.54) is 13.2 Å². The maximum Gasteiger partial charge on any atom is 0.313 e. The molecule has 0 aliphatic heterocycles. The fraction of sp³-hybridized carbons (Fsp3) is 0.417. The zero-order valence-corrected chi connectivity index (χ0v) is 12.3. The molecule has 0 aliphatic carbocycles. The molecule has 3 N–H and O–H groups in total. The summed E-state index contributed by atoms with van der Waals surface area (Å²) in [4.78, 5) is 11.6. The van der Waals surface area contributed by atoms with E-state index in [0.717, 1.165) is 6.07 Å². The SMILES string of the molecule is COC(=O)C(C)(C)[C@@H](N)c1ccc(F)c(Cl)c1O.Cl. The molecule has 0 spiro atoms. The van der Waals surface area contributed by atoms with E-state index in [1.807, 2.05) is 0 Å². The Labute approximate surface area is 122 Å². The third-order valence-electron chi connectivity index (χ3n) is 2.92. The summed E-state index contributed by atoms with van der Waals surface area (Å²) in [5.41, 5.74) is 5.04. The third-order valence-corrected chi connectivity index (χ3v) is 3.28. The highest BCUT2D eigenvalue weighted by atomic mass is 35.5. The summed E-state index contributed by atoms with van der Waals surface area (Å²) in [5, 5.41) is 9.35. The first-order chi connectivity index (χ1) is 8.23. The molecule has 19 heavy (non-hydrogen) atoms. The van der Waals surface area contributed by atoms with E-state index in [4.69, 9.17) is 17.3 Å². The van der Waals surface area contributed by atoms with Crippen LogP contribution in [0, 0.1) is 11.2 Å². The van der Waals surface area contributed by atoms with Crippen molar-refractivity contribution in [1.82, 2.24) is 0 Å². The van der Waals surface area contributed by atoms with Gasteiger partial charge in [0.05, 0.1) is 12.5 Å². The van der Waals surface area contributed by atoms with Crippen LogP contribution in [0.4, 0.5) is 4.39 Å². The van der Waals surface area contributed by atoms with Crippen molar-refractivity contribution in [1.29, 1.82) is 0 Å². The van der Waals surface area contributed by atoms with E-state index in [0.29, 0.717) is 0 Å². The van der Waals surface area contributed by atoms with Gasteiger partial charge in [0.2, 0.25) is 0 Å². The first kappa shape index (κ1) is 18.0. The number of esters is 1. The minimum atomic E-state index is -1.08. The lowest BCUT2D eigenvalue weighted by Crippen LogP contribution is -2.37. The van der Waals surface area contributed by atoms with Gasteiger partial charge in [-0.2, -0.15) is 0 Å². The normalized spacial score (nSPS) is 12.5. The second-order valence-corrected chi connectivity index (χ2v) is 4.87. The predicted octanol–water partition coefficient (Wildman–Crippen LogP) is 2.81. The van der Waals surface area contributed by atoms with Crippen LogP contribution in [0.5, 0.6) is 5.75 Å². The van der Waals surface area contributed by atoms with Crippen LogP contribution >= 0.6 is 24.0 Å². The highest BCUT2D eigenvalue weighted by molar-refractivity contribution is 6.32. The van der Waals surface area contributed by atoms with Gasteiger partial charge in [0.15, 0.2) is 0 Å². The number of methoxy groups -OCH3 is 1. The molecule has 4 nitrogen and oxygen atoms in total. The fourth-order valence-corrected chi connectivity index (χ4v) is 1.76. The maximum absolute atomic E-state index is 13.1. The summed E-state index contributed by atoms with van der Waals surface area (Å²) >= 11 is 5.59. The number of benzene rings is 1. The van der Waals surface area contributed by atoms with E-state index in [2.05, 4.69) is 4.74 Å². The molecule has 1 rings (SSSR count). The van der Waals surface area contributed by atoms with Crippen molar-refractivity contribution in [2.24, 2.45) is 11.1 Å².